The van der Waals surface area contributed by atoms with E-state index >= 15 is 0 Å². The SMILES string of the molecule is CCc1nc2ccc(OC(C)(C)C(=O)O)cc2s1. The van der Waals surface area contributed by atoms with Crippen LogP contribution in [0.25, 0.3) is 10.2 Å². The molecule has 0 atom stereocenters. The Hall–Kier alpha value is -1.62. The number of fused-ring (bicyclic) bond motifs is 1. The average Bonchev–Trinajstić information content (AvgIpc) is 2.70. The first kappa shape index (κ1) is 12.8. The molecule has 0 radical (unpaired) electrons. The molecule has 2 rings (SSSR count). The van der Waals surface area contributed by atoms with E-state index in [9.17, 15) is 4.79 Å². The van der Waals surface area contributed by atoms with E-state index in [2.05, 4.69) is 11.9 Å². The second-order valence-corrected chi connectivity index (χ2v) is 5.62. The molecule has 0 spiro atoms. The van der Waals surface area contributed by atoms with Crippen LogP contribution in [0.4, 0.5) is 0 Å². The first-order valence-electron chi connectivity index (χ1n) is 5.74. The molecule has 18 heavy (non-hydrogen) atoms. The predicted octanol–water partition coefficient (Wildman–Crippen LogP) is 3.10. The van der Waals surface area contributed by atoms with Crippen molar-refractivity contribution in [3.05, 3.63) is 23.2 Å². The number of aromatic nitrogens is 1. The van der Waals surface area contributed by atoms with Crippen LogP contribution in [0, 0.1) is 0 Å². The predicted molar refractivity (Wildman–Crippen MR) is 71.3 cm³/mol. The summed E-state index contributed by atoms with van der Waals surface area (Å²) in [6, 6.07) is 5.46. The number of hydrogen-bond acceptors (Lipinski definition) is 4. The number of benzene rings is 1. The summed E-state index contributed by atoms with van der Waals surface area (Å²) in [6.07, 6.45) is 0.899. The van der Waals surface area contributed by atoms with Crippen molar-refractivity contribution in [2.45, 2.75) is 32.8 Å². The van der Waals surface area contributed by atoms with Gasteiger partial charge in [0.25, 0.3) is 0 Å². The summed E-state index contributed by atoms with van der Waals surface area (Å²) in [7, 11) is 0. The van der Waals surface area contributed by atoms with Gasteiger partial charge in [0.15, 0.2) is 5.60 Å². The number of aliphatic carboxylic acids is 1. The number of carbonyl (C=O) groups is 1. The van der Waals surface area contributed by atoms with E-state index in [1.54, 1.807) is 17.4 Å². The van der Waals surface area contributed by atoms with Gasteiger partial charge in [-0.15, -0.1) is 11.3 Å². The molecule has 0 amide bonds. The van der Waals surface area contributed by atoms with Gasteiger partial charge in [-0.1, -0.05) is 6.92 Å². The number of carboxylic acids is 1. The molecule has 1 heterocycles. The zero-order valence-corrected chi connectivity index (χ0v) is 11.4. The third kappa shape index (κ3) is 2.46. The number of rotatable bonds is 4. The monoisotopic (exact) mass is 265 g/mol. The lowest BCUT2D eigenvalue weighted by molar-refractivity contribution is -0.152. The number of thiazole rings is 1. The van der Waals surface area contributed by atoms with Crippen LogP contribution in [0.2, 0.25) is 0 Å². The van der Waals surface area contributed by atoms with Gasteiger partial charge in [-0.05, 0) is 38.5 Å². The van der Waals surface area contributed by atoms with E-state index in [4.69, 9.17) is 9.84 Å². The minimum absolute atomic E-state index is 0.557. The van der Waals surface area contributed by atoms with Crippen molar-refractivity contribution in [2.75, 3.05) is 0 Å². The van der Waals surface area contributed by atoms with Crippen molar-refractivity contribution in [3.8, 4) is 5.75 Å². The molecule has 0 fully saturated rings. The van der Waals surface area contributed by atoms with Crippen molar-refractivity contribution >= 4 is 27.5 Å². The molecule has 0 aliphatic rings. The van der Waals surface area contributed by atoms with E-state index in [0.717, 1.165) is 21.6 Å². The Balaban J connectivity index is 2.32. The van der Waals surface area contributed by atoms with Crippen LogP contribution in [0.1, 0.15) is 25.8 Å². The Labute approximate surface area is 109 Å². The summed E-state index contributed by atoms with van der Waals surface area (Å²) in [4.78, 5) is 15.5. The van der Waals surface area contributed by atoms with Crippen LogP contribution >= 0.6 is 11.3 Å². The normalized spacial score (nSPS) is 11.7. The Kier molecular flexibility index (Phi) is 3.26. The van der Waals surface area contributed by atoms with Gasteiger partial charge >= 0.3 is 5.97 Å². The average molecular weight is 265 g/mol. The molecule has 1 aromatic carbocycles. The molecule has 0 aliphatic heterocycles. The lowest BCUT2D eigenvalue weighted by atomic mass is 10.1. The number of nitrogens with zero attached hydrogens (tertiary/aromatic N) is 1. The molecule has 1 N–H and O–H groups in total. The lowest BCUT2D eigenvalue weighted by Crippen LogP contribution is -2.37. The molecule has 0 saturated carbocycles. The van der Waals surface area contributed by atoms with Crippen molar-refractivity contribution in [3.63, 3.8) is 0 Å². The number of carboxylic acid groups (broad SMARTS) is 1. The molecular formula is C13H15NO3S. The van der Waals surface area contributed by atoms with Gasteiger partial charge in [-0.3, -0.25) is 0 Å². The van der Waals surface area contributed by atoms with Gasteiger partial charge in [-0.25, -0.2) is 9.78 Å². The molecule has 0 bridgehead atoms. The highest BCUT2D eigenvalue weighted by Gasteiger charge is 2.29. The maximum absolute atomic E-state index is 11.0. The highest BCUT2D eigenvalue weighted by Crippen LogP contribution is 2.28. The van der Waals surface area contributed by atoms with E-state index < -0.39 is 11.6 Å². The smallest absolute Gasteiger partial charge is 0.347 e. The van der Waals surface area contributed by atoms with Crippen molar-refractivity contribution in [1.29, 1.82) is 0 Å². The van der Waals surface area contributed by atoms with Crippen LogP contribution < -0.4 is 4.74 Å². The first-order chi connectivity index (χ1) is 8.42. The molecule has 5 heteroatoms. The number of aryl methyl sites for hydroxylation is 1. The van der Waals surface area contributed by atoms with Crippen LogP contribution in [-0.2, 0) is 11.2 Å². The fourth-order valence-electron chi connectivity index (χ4n) is 1.51. The van der Waals surface area contributed by atoms with Gasteiger partial charge in [-0.2, -0.15) is 0 Å². The van der Waals surface area contributed by atoms with Crippen LogP contribution in [0.15, 0.2) is 18.2 Å². The molecule has 2 aromatic rings. The second kappa shape index (κ2) is 4.57. The second-order valence-electron chi connectivity index (χ2n) is 4.51. The van der Waals surface area contributed by atoms with Crippen molar-refractivity contribution < 1.29 is 14.6 Å². The van der Waals surface area contributed by atoms with Gasteiger partial charge in [0.05, 0.1) is 15.2 Å². The van der Waals surface area contributed by atoms with E-state index in [0.29, 0.717) is 5.75 Å². The zero-order valence-electron chi connectivity index (χ0n) is 10.6. The minimum atomic E-state index is -1.23. The van der Waals surface area contributed by atoms with Crippen LogP contribution in [-0.4, -0.2) is 21.7 Å². The third-order valence-electron chi connectivity index (χ3n) is 2.59. The topological polar surface area (TPSA) is 59.4 Å². The summed E-state index contributed by atoms with van der Waals surface area (Å²) >= 11 is 1.61. The molecule has 0 saturated heterocycles. The number of ether oxygens (including phenoxy) is 1. The Morgan fingerprint density at radius 1 is 1.50 bits per heavy atom. The van der Waals surface area contributed by atoms with Gasteiger partial charge in [0.1, 0.15) is 5.75 Å². The van der Waals surface area contributed by atoms with Gasteiger partial charge in [0.2, 0.25) is 0 Å². The molecule has 4 nitrogen and oxygen atoms in total. The molecule has 1 aromatic heterocycles. The summed E-state index contributed by atoms with van der Waals surface area (Å²) in [5.74, 6) is -0.428. The number of hydrogen-bond donors (Lipinski definition) is 1. The van der Waals surface area contributed by atoms with Gasteiger partial charge in [0, 0.05) is 0 Å². The quantitative estimate of drug-likeness (QED) is 0.922. The minimum Gasteiger partial charge on any atom is -0.478 e. The van der Waals surface area contributed by atoms with E-state index in [-0.39, 0.29) is 0 Å². The Morgan fingerprint density at radius 2 is 2.22 bits per heavy atom. The molecule has 0 aliphatic carbocycles. The van der Waals surface area contributed by atoms with E-state index in [1.807, 2.05) is 12.1 Å². The fourth-order valence-corrected chi connectivity index (χ4v) is 2.44. The van der Waals surface area contributed by atoms with Crippen LogP contribution in [0.3, 0.4) is 0 Å². The largest absolute Gasteiger partial charge is 0.478 e. The zero-order chi connectivity index (χ0) is 13.3. The van der Waals surface area contributed by atoms with Crippen LogP contribution in [0.5, 0.6) is 5.75 Å². The first-order valence-corrected chi connectivity index (χ1v) is 6.56. The third-order valence-corrected chi connectivity index (χ3v) is 3.76. The molecular weight excluding hydrogens is 250 g/mol. The standard InChI is InChI=1S/C13H15NO3S/c1-4-11-14-9-6-5-8(7-10(9)18-11)17-13(2,3)12(15)16/h5-7H,4H2,1-3H3,(H,15,16). The highest BCUT2D eigenvalue weighted by molar-refractivity contribution is 7.18. The Bertz CT molecular complexity index is 589. The molecule has 0 unspecified atom stereocenters. The fraction of sp³-hybridized carbons (Fsp3) is 0.385. The summed E-state index contributed by atoms with van der Waals surface area (Å²) in [5.41, 5.74) is -0.302. The molecule has 96 valence electrons. The van der Waals surface area contributed by atoms with Crippen molar-refractivity contribution in [2.24, 2.45) is 0 Å². The maximum atomic E-state index is 11.0. The van der Waals surface area contributed by atoms with E-state index in [1.165, 1.54) is 13.8 Å². The summed E-state index contributed by atoms with van der Waals surface area (Å²) in [5, 5.41) is 10.1. The van der Waals surface area contributed by atoms with Crippen molar-refractivity contribution in [1.82, 2.24) is 4.98 Å². The van der Waals surface area contributed by atoms with Gasteiger partial charge < -0.3 is 9.84 Å². The lowest BCUT2D eigenvalue weighted by Gasteiger charge is -2.21. The Morgan fingerprint density at radius 3 is 2.83 bits per heavy atom. The summed E-state index contributed by atoms with van der Waals surface area (Å²) < 4.78 is 6.51. The maximum Gasteiger partial charge on any atom is 0.347 e. The highest BCUT2D eigenvalue weighted by atomic mass is 32.1. The summed E-state index contributed by atoms with van der Waals surface area (Å²) in [6.45, 7) is 5.12.